The number of benzene rings is 1. The maximum atomic E-state index is 4.46. The summed E-state index contributed by atoms with van der Waals surface area (Å²) in [7, 11) is 0. The van der Waals surface area contributed by atoms with Crippen molar-refractivity contribution >= 4 is 26.8 Å². The molecule has 3 rings (SSSR count). The van der Waals surface area contributed by atoms with Crippen molar-refractivity contribution < 1.29 is 0 Å². The molecule has 0 unspecified atom stereocenters. The maximum Gasteiger partial charge on any atom is 0.106 e. The number of halogens is 1. The van der Waals surface area contributed by atoms with E-state index < -0.39 is 0 Å². The second-order valence-corrected chi connectivity index (χ2v) is 5.36. The summed E-state index contributed by atoms with van der Waals surface area (Å²) in [4.78, 5) is 8.86. The first kappa shape index (κ1) is 13.2. The van der Waals surface area contributed by atoms with Crippen molar-refractivity contribution in [2.45, 2.75) is 13.1 Å². The van der Waals surface area contributed by atoms with Crippen LogP contribution in [0.2, 0.25) is 0 Å². The standard InChI is InChI=1S/C16H14BrN3/c17-15-8-2-7-14(20-15)11-18-10-13-5-1-4-12-6-3-9-19-16(12)13/h1-9,18H,10-11H2. The normalized spacial score (nSPS) is 10.8. The molecule has 4 heteroatoms. The molecule has 0 aliphatic rings. The first-order valence-electron chi connectivity index (χ1n) is 6.48. The molecule has 0 saturated heterocycles. The SMILES string of the molecule is Brc1cccc(CNCc2cccc3cccnc23)n1. The molecule has 1 aromatic carbocycles. The van der Waals surface area contributed by atoms with Crippen molar-refractivity contribution in [1.82, 2.24) is 15.3 Å². The van der Waals surface area contributed by atoms with E-state index in [1.165, 1.54) is 10.9 Å². The van der Waals surface area contributed by atoms with Crippen LogP contribution in [0.25, 0.3) is 10.9 Å². The smallest absolute Gasteiger partial charge is 0.106 e. The molecule has 0 atom stereocenters. The average molecular weight is 328 g/mol. The molecule has 0 spiro atoms. The molecular formula is C16H14BrN3. The highest BCUT2D eigenvalue weighted by atomic mass is 79.9. The number of pyridine rings is 2. The molecule has 0 aliphatic heterocycles. The molecule has 3 nitrogen and oxygen atoms in total. The molecule has 0 aliphatic carbocycles. The Morgan fingerprint density at radius 1 is 0.950 bits per heavy atom. The largest absolute Gasteiger partial charge is 0.307 e. The van der Waals surface area contributed by atoms with Gasteiger partial charge in [-0.05, 0) is 39.7 Å². The lowest BCUT2D eigenvalue weighted by atomic mass is 10.1. The van der Waals surface area contributed by atoms with E-state index in [1.807, 2.05) is 30.5 Å². The van der Waals surface area contributed by atoms with E-state index in [1.54, 1.807) is 0 Å². The van der Waals surface area contributed by atoms with Crippen LogP contribution in [0.4, 0.5) is 0 Å². The lowest BCUT2D eigenvalue weighted by molar-refractivity contribution is 0.681. The lowest BCUT2D eigenvalue weighted by Gasteiger charge is -2.07. The van der Waals surface area contributed by atoms with Gasteiger partial charge in [0.15, 0.2) is 0 Å². The van der Waals surface area contributed by atoms with E-state index in [0.717, 1.165) is 28.9 Å². The van der Waals surface area contributed by atoms with Crippen LogP contribution in [0, 0.1) is 0 Å². The van der Waals surface area contributed by atoms with Gasteiger partial charge in [-0.15, -0.1) is 0 Å². The quantitative estimate of drug-likeness (QED) is 0.743. The average Bonchev–Trinajstić information content (AvgIpc) is 2.48. The van der Waals surface area contributed by atoms with E-state index >= 15 is 0 Å². The number of nitrogens with zero attached hydrogens (tertiary/aromatic N) is 2. The monoisotopic (exact) mass is 327 g/mol. The minimum Gasteiger partial charge on any atom is -0.307 e. The molecule has 20 heavy (non-hydrogen) atoms. The van der Waals surface area contributed by atoms with Gasteiger partial charge in [0.2, 0.25) is 0 Å². The molecule has 1 N–H and O–H groups in total. The first-order valence-corrected chi connectivity index (χ1v) is 7.27. The highest BCUT2D eigenvalue weighted by molar-refractivity contribution is 9.10. The third-order valence-corrected chi connectivity index (χ3v) is 3.55. The predicted octanol–water partition coefficient (Wildman–Crippen LogP) is 3.68. The van der Waals surface area contributed by atoms with Crippen LogP contribution < -0.4 is 5.32 Å². The van der Waals surface area contributed by atoms with E-state index in [4.69, 9.17) is 0 Å². The zero-order valence-electron chi connectivity index (χ0n) is 10.9. The molecule has 0 radical (unpaired) electrons. The Morgan fingerprint density at radius 3 is 2.70 bits per heavy atom. The van der Waals surface area contributed by atoms with Crippen molar-refractivity contribution in [1.29, 1.82) is 0 Å². The Balaban J connectivity index is 1.71. The minimum atomic E-state index is 0.739. The fourth-order valence-corrected chi connectivity index (χ4v) is 2.56. The summed E-state index contributed by atoms with van der Waals surface area (Å²) in [6.45, 7) is 1.52. The van der Waals surface area contributed by atoms with Gasteiger partial charge >= 0.3 is 0 Å². The lowest BCUT2D eigenvalue weighted by Crippen LogP contribution is -2.14. The first-order chi connectivity index (χ1) is 9.83. The highest BCUT2D eigenvalue weighted by Crippen LogP contribution is 2.15. The molecule has 2 heterocycles. The van der Waals surface area contributed by atoms with Crippen LogP contribution >= 0.6 is 15.9 Å². The van der Waals surface area contributed by atoms with Crippen molar-refractivity contribution in [3.8, 4) is 0 Å². The number of rotatable bonds is 4. The Labute approximate surface area is 126 Å². The molecule has 0 fully saturated rings. The van der Waals surface area contributed by atoms with E-state index in [9.17, 15) is 0 Å². The molecule has 3 aromatic rings. The summed E-state index contributed by atoms with van der Waals surface area (Å²) in [5.41, 5.74) is 3.29. The summed E-state index contributed by atoms with van der Waals surface area (Å²) < 4.78 is 0.864. The van der Waals surface area contributed by atoms with Gasteiger partial charge in [0.1, 0.15) is 4.60 Å². The highest BCUT2D eigenvalue weighted by Gasteiger charge is 2.01. The number of nitrogens with one attached hydrogen (secondary N) is 1. The van der Waals surface area contributed by atoms with Crippen molar-refractivity contribution in [3.05, 3.63) is 70.6 Å². The number of fused-ring (bicyclic) bond motifs is 1. The minimum absolute atomic E-state index is 0.739. The summed E-state index contributed by atoms with van der Waals surface area (Å²) in [6, 6.07) is 16.2. The van der Waals surface area contributed by atoms with Gasteiger partial charge in [-0.1, -0.05) is 30.3 Å². The number of hydrogen-bond acceptors (Lipinski definition) is 3. The molecule has 0 amide bonds. The van der Waals surface area contributed by atoms with Crippen molar-refractivity contribution in [2.75, 3.05) is 0 Å². The van der Waals surface area contributed by atoms with E-state index in [2.05, 4.69) is 55.5 Å². The Bertz CT molecular complexity index is 722. The molecule has 0 bridgehead atoms. The van der Waals surface area contributed by atoms with Gasteiger partial charge in [-0.25, -0.2) is 4.98 Å². The predicted molar refractivity (Wildman–Crippen MR) is 84.2 cm³/mol. The zero-order valence-corrected chi connectivity index (χ0v) is 12.5. The Kier molecular flexibility index (Phi) is 4.04. The summed E-state index contributed by atoms with van der Waals surface area (Å²) in [5.74, 6) is 0. The van der Waals surface area contributed by atoms with Crippen LogP contribution in [0.5, 0.6) is 0 Å². The van der Waals surface area contributed by atoms with Gasteiger partial charge < -0.3 is 5.32 Å². The third-order valence-electron chi connectivity index (χ3n) is 3.11. The topological polar surface area (TPSA) is 37.8 Å². The molecule has 0 saturated carbocycles. The van der Waals surface area contributed by atoms with Crippen molar-refractivity contribution in [3.63, 3.8) is 0 Å². The van der Waals surface area contributed by atoms with Crippen LogP contribution in [0.1, 0.15) is 11.3 Å². The Hall–Kier alpha value is -1.78. The summed E-state index contributed by atoms with van der Waals surface area (Å²) in [5, 5.41) is 4.59. The van der Waals surface area contributed by atoms with Gasteiger partial charge in [0.05, 0.1) is 11.2 Å². The summed E-state index contributed by atoms with van der Waals surface area (Å²) >= 11 is 3.38. The fraction of sp³-hybridized carbons (Fsp3) is 0.125. The summed E-state index contributed by atoms with van der Waals surface area (Å²) in [6.07, 6.45) is 1.84. The number of hydrogen-bond donors (Lipinski definition) is 1. The van der Waals surface area contributed by atoms with Crippen molar-refractivity contribution in [2.24, 2.45) is 0 Å². The van der Waals surface area contributed by atoms with Gasteiger partial charge in [0.25, 0.3) is 0 Å². The molecule has 100 valence electrons. The molecular weight excluding hydrogens is 314 g/mol. The molecule has 2 aromatic heterocycles. The number of aromatic nitrogens is 2. The van der Waals surface area contributed by atoms with Gasteiger partial charge in [-0.3, -0.25) is 4.98 Å². The third kappa shape index (κ3) is 3.03. The maximum absolute atomic E-state index is 4.46. The second-order valence-electron chi connectivity index (χ2n) is 4.55. The van der Waals surface area contributed by atoms with Crippen LogP contribution in [-0.2, 0) is 13.1 Å². The van der Waals surface area contributed by atoms with Crippen LogP contribution in [0.15, 0.2) is 59.3 Å². The van der Waals surface area contributed by atoms with Crippen LogP contribution in [0.3, 0.4) is 0 Å². The van der Waals surface area contributed by atoms with Crippen LogP contribution in [-0.4, -0.2) is 9.97 Å². The second kappa shape index (κ2) is 6.11. The Morgan fingerprint density at radius 2 is 1.80 bits per heavy atom. The fourth-order valence-electron chi connectivity index (χ4n) is 2.18. The van der Waals surface area contributed by atoms with E-state index in [0.29, 0.717) is 0 Å². The number of para-hydroxylation sites is 1. The zero-order chi connectivity index (χ0) is 13.8. The van der Waals surface area contributed by atoms with Gasteiger partial charge in [-0.2, -0.15) is 0 Å². The van der Waals surface area contributed by atoms with Gasteiger partial charge in [0, 0.05) is 24.7 Å². The van der Waals surface area contributed by atoms with E-state index in [-0.39, 0.29) is 0 Å².